The van der Waals surface area contributed by atoms with Crippen LogP contribution in [0.25, 0.3) is 0 Å². The van der Waals surface area contributed by atoms with E-state index in [0.717, 1.165) is 13.0 Å². The van der Waals surface area contributed by atoms with Gasteiger partial charge in [-0.3, -0.25) is 0 Å². The van der Waals surface area contributed by atoms with Crippen molar-refractivity contribution >= 4 is 15.9 Å². The summed E-state index contributed by atoms with van der Waals surface area (Å²) in [5.74, 6) is 0. The largest absolute Gasteiger partial charge is 0.377 e. The van der Waals surface area contributed by atoms with Gasteiger partial charge in [-0.05, 0) is 32.6 Å². The lowest BCUT2D eigenvalue weighted by Gasteiger charge is -2.23. The summed E-state index contributed by atoms with van der Waals surface area (Å²) in [7, 11) is 0. The summed E-state index contributed by atoms with van der Waals surface area (Å²) in [4.78, 5) is 0.526. The minimum atomic E-state index is 0.398. The monoisotopic (exact) mass is 248 g/mol. The Bertz CT molecular complexity index is 174. The number of ether oxygens (including phenoxy) is 2. The fourth-order valence-electron chi connectivity index (χ4n) is 2.11. The van der Waals surface area contributed by atoms with E-state index < -0.39 is 0 Å². The molecule has 1 aliphatic heterocycles. The highest BCUT2D eigenvalue weighted by atomic mass is 79.9. The summed E-state index contributed by atoms with van der Waals surface area (Å²) in [6, 6.07) is 0. The van der Waals surface area contributed by atoms with Gasteiger partial charge in [0.25, 0.3) is 0 Å². The lowest BCUT2D eigenvalue weighted by molar-refractivity contribution is 0.0512. The highest BCUT2D eigenvalue weighted by Gasteiger charge is 2.41. The molecule has 0 radical (unpaired) electrons. The van der Waals surface area contributed by atoms with Gasteiger partial charge < -0.3 is 9.47 Å². The van der Waals surface area contributed by atoms with E-state index in [0.29, 0.717) is 23.1 Å². The summed E-state index contributed by atoms with van der Waals surface area (Å²) in [6.07, 6.45) is 6.24. The van der Waals surface area contributed by atoms with Crippen molar-refractivity contribution in [2.24, 2.45) is 0 Å². The average molecular weight is 249 g/mol. The van der Waals surface area contributed by atoms with E-state index in [9.17, 15) is 0 Å². The Morgan fingerprint density at radius 1 is 1.23 bits per heavy atom. The molecule has 2 rings (SSSR count). The minimum absolute atomic E-state index is 0.398. The molecule has 2 aliphatic rings. The Hall–Kier alpha value is 0.400. The summed E-state index contributed by atoms with van der Waals surface area (Å²) in [5, 5.41) is 0. The van der Waals surface area contributed by atoms with Crippen molar-refractivity contribution in [1.29, 1.82) is 0 Å². The molecule has 0 unspecified atom stereocenters. The maximum Gasteiger partial charge on any atom is 0.0842 e. The van der Waals surface area contributed by atoms with E-state index in [-0.39, 0.29) is 0 Å². The first-order valence-electron chi connectivity index (χ1n) is 5.22. The molecule has 2 nitrogen and oxygen atoms in total. The lowest BCUT2D eigenvalue weighted by Crippen LogP contribution is -2.27. The normalized spacial score (nSPS) is 44.8. The standard InChI is InChI=1S/C10H17BrO2/c1-2-12-8-5-6-10-9(13-10)4-3-7(8)11/h7-10H,2-6H2,1H3/t7-,8-,9+,10-/m0/s1. The van der Waals surface area contributed by atoms with Crippen LogP contribution in [0, 0.1) is 0 Å². The molecule has 0 aromatic heterocycles. The maximum atomic E-state index is 5.70. The molecule has 0 bridgehead atoms. The molecule has 1 saturated heterocycles. The van der Waals surface area contributed by atoms with Crippen LogP contribution in [0.2, 0.25) is 0 Å². The Labute approximate surface area is 88.1 Å². The Morgan fingerprint density at radius 3 is 2.62 bits per heavy atom. The number of alkyl halides is 1. The van der Waals surface area contributed by atoms with Gasteiger partial charge in [0.2, 0.25) is 0 Å². The quantitative estimate of drug-likeness (QED) is 0.554. The van der Waals surface area contributed by atoms with Crippen molar-refractivity contribution < 1.29 is 9.47 Å². The van der Waals surface area contributed by atoms with Crippen LogP contribution in [0.5, 0.6) is 0 Å². The van der Waals surface area contributed by atoms with Crippen LogP contribution >= 0.6 is 15.9 Å². The van der Waals surface area contributed by atoms with Crippen LogP contribution in [0.15, 0.2) is 0 Å². The molecule has 1 heterocycles. The Morgan fingerprint density at radius 2 is 1.92 bits per heavy atom. The lowest BCUT2D eigenvalue weighted by atomic mass is 9.98. The molecule has 0 amide bonds. The summed E-state index contributed by atoms with van der Waals surface area (Å²) >= 11 is 3.71. The van der Waals surface area contributed by atoms with Crippen molar-refractivity contribution in [2.75, 3.05) is 6.61 Å². The molecule has 4 atom stereocenters. The third kappa shape index (κ3) is 2.45. The number of rotatable bonds is 2. The predicted octanol–water partition coefficient (Wildman–Crippen LogP) is 2.50. The fourth-order valence-corrected chi connectivity index (χ4v) is 2.79. The second-order valence-corrected chi connectivity index (χ2v) is 5.05. The molecule has 0 spiro atoms. The molecule has 0 aromatic carbocycles. The van der Waals surface area contributed by atoms with Crippen molar-refractivity contribution in [3.8, 4) is 0 Å². The predicted molar refractivity (Wildman–Crippen MR) is 55.3 cm³/mol. The van der Waals surface area contributed by atoms with Crippen LogP contribution in [-0.4, -0.2) is 29.7 Å². The van der Waals surface area contributed by atoms with Crippen molar-refractivity contribution in [2.45, 2.75) is 55.7 Å². The zero-order chi connectivity index (χ0) is 9.26. The van der Waals surface area contributed by atoms with Gasteiger partial charge in [0.1, 0.15) is 0 Å². The first kappa shape index (κ1) is 9.94. The highest BCUT2D eigenvalue weighted by Crippen LogP contribution is 2.36. The molecule has 76 valence electrons. The number of epoxide rings is 1. The molecule has 1 aliphatic carbocycles. The smallest absolute Gasteiger partial charge is 0.0842 e. The van der Waals surface area contributed by atoms with Crippen LogP contribution in [0.1, 0.15) is 32.6 Å². The zero-order valence-electron chi connectivity index (χ0n) is 8.04. The van der Waals surface area contributed by atoms with Crippen LogP contribution < -0.4 is 0 Å². The van der Waals surface area contributed by atoms with Crippen molar-refractivity contribution in [3.05, 3.63) is 0 Å². The van der Waals surface area contributed by atoms with Gasteiger partial charge in [0.15, 0.2) is 0 Å². The van der Waals surface area contributed by atoms with Crippen molar-refractivity contribution in [3.63, 3.8) is 0 Å². The highest BCUT2D eigenvalue weighted by molar-refractivity contribution is 9.09. The molecule has 13 heavy (non-hydrogen) atoms. The maximum absolute atomic E-state index is 5.70. The first-order chi connectivity index (χ1) is 6.31. The molecule has 2 fully saturated rings. The third-order valence-electron chi connectivity index (χ3n) is 2.93. The summed E-state index contributed by atoms with van der Waals surface area (Å²) < 4.78 is 11.2. The third-order valence-corrected chi connectivity index (χ3v) is 3.98. The van der Waals surface area contributed by atoms with Crippen LogP contribution in [-0.2, 0) is 9.47 Å². The van der Waals surface area contributed by atoms with Gasteiger partial charge in [0, 0.05) is 11.4 Å². The van der Waals surface area contributed by atoms with Gasteiger partial charge in [0.05, 0.1) is 18.3 Å². The van der Waals surface area contributed by atoms with Gasteiger partial charge in [-0.1, -0.05) is 15.9 Å². The number of hydrogen-bond acceptors (Lipinski definition) is 2. The number of halogens is 1. The molecule has 3 heteroatoms. The van der Waals surface area contributed by atoms with Crippen molar-refractivity contribution in [1.82, 2.24) is 0 Å². The summed E-state index contributed by atoms with van der Waals surface area (Å²) in [6.45, 7) is 2.89. The SMILES string of the molecule is CCO[C@H]1CC[C@@H]2O[C@@H]2CC[C@@H]1Br. The molecule has 1 saturated carbocycles. The molecule has 0 N–H and O–H groups in total. The number of fused-ring (bicyclic) bond motifs is 1. The summed E-state index contributed by atoms with van der Waals surface area (Å²) in [5.41, 5.74) is 0. The molecule has 0 aromatic rings. The van der Waals surface area contributed by atoms with E-state index in [1.165, 1.54) is 19.3 Å². The zero-order valence-corrected chi connectivity index (χ0v) is 9.63. The van der Waals surface area contributed by atoms with Gasteiger partial charge in [-0.25, -0.2) is 0 Å². The molecular formula is C10H17BrO2. The van der Waals surface area contributed by atoms with Crippen LogP contribution in [0.3, 0.4) is 0 Å². The van der Waals surface area contributed by atoms with Gasteiger partial charge in [-0.15, -0.1) is 0 Å². The van der Waals surface area contributed by atoms with E-state index in [4.69, 9.17) is 9.47 Å². The van der Waals surface area contributed by atoms with E-state index in [1.807, 2.05) is 0 Å². The van der Waals surface area contributed by atoms with E-state index >= 15 is 0 Å². The first-order valence-corrected chi connectivity index (χ1v) is 6.14. The second kappa shape index (κ2) is 4.28. The van der Waals surface area contributed by atoms with E-state index in [1.54, 1.807) is 0 Å². The Balaban J connectivity index is 1.85. The van der Waals surface area contributed by atoms with Gasteiger partial charge >= 0.3 is 0 Å². The molecular weight excluding hydrogens is 232 g/mol. The fraction of sp³-hybridized carbons (Fsp3) is 1.00. The average Bonchev–Trinajstić information content (AvgIpc) is 2.84. The van der Waals surface area contributed by atoms with Gasteiger partial charge in [-0.2, -0.15) is 0 Å². The van der Waals surface area contributed by atoms with E-state index in [2.05, 4.69) is 22.9 Å². The van der Waals surface area contributed by atoms with Crippen LogP contribution in [0.4, 0.5) is 0 Å². The minimum Gasteiger partial charge on any atom is -0.377 e. The Kier molecular flexibility index (Phi) is 3.27. The second-order valence-electron chi connectivity index (χ2n) is 3.88. The topological polar surface area (TPSA) is 21.8 Å². The number of hydrogen-bond donors (Lipinski definition) is 0.